The second-order valence-corrected chi connectivity index (χ2v) is 5.81. The second-order valence-electron chi connectivity index (χ2n) is 5.81. The summed E-state index contributed by atoms with van der Waals surface area (Å²) >= 11 is 0. The zero-order valence-electron chi connectivity index (χ0n) is 12.1. The van der Waals surface area contributed by atoms with E-state index in [4.69, 9.17) is 9.94 Å². The van der Waals surface area contributed by atoms with Gasteiger partial charge < -0.3 is 19.7 Å². The first-order valence-corrected chi connectivity index (χ1v) is 6.74. The zero-order valence-corrected chi connectivity index (χ0v) is 12.1. The highest BCUT2D eigenvalue weighted by Crippen LogP contribution is 2.36. The maximum absolute atomic E-state index is 12.3. The van der Waals surface area contributed by atoms with Crippen LogP contribution < -0.4 is 0 Å². The van der Waals surface area contributed by atoms with Crippen molar-refractivity contribution >= 4 is 17.6 Å². The molecule has 0 radical (unpaired) electrons. The molecule has 1 amide bonds. The molecule has 1 aliphatic heterocycles. The molecule has 1 atom stereocenters. The van der Waals surface area contributed by atoms with E-state index >= 15 is 0 Å². The summed E-state index contributed by atoms with van der Waals surface area (Å²) in [7, 11) is 5.78. The van der Waals surface area contributed by atoms with E-state index in [1.54, 1.807) is 11.9 Å². The number of rotatable bonds is 5. The van der Waals surface area contributed by atoms with Gasteiger partial charge >= 0.3 is 5.97 Å². The summed E-state index contributed by atoms with van der Waals surface area (Å²) in [5.74, 6) is -1.34. The average molecular weight is 283 g/mol. The Hall–Kier alpha value is -1.63. The Balaban J connectivity index is 1.92. The molecule has 1 saturated carbocycles. The van der Waals surface area contributed by atoms with Crippen LogP contribution in [0, 0.1) is 0 Å². The average Bonchev–Trinajstić information content (AvgIpc) is 2.81. The summed E-state index contributed by atoms with van der Waals surface area (Å²) in [6.07, 6.45) is 2.55. The van der Waals surface area contributed by atoms with E-state index in [2.05, 4.69) is 10.1 Å². The summed E-state index contributed by atoms with van der Waals surface area (Å²) in [6.45, 7) is 0.626. The fraction of sp³-hybridized carbons (Fsp3) is 0.769. The van der Waals surface area contributed by atoms with Crippen molar-refractivity contribution in [1.29, 1.82) is 0 Å². The van der Waals surface area contributed by atoms with Crippen molar-refractivity contribution in [2.75, 3.05) is 27.7 Å². The first-order valence-electron chi connectivity index (χ1n) is 6.74. The third-order valence-electron chi connectivity index (χ3n) is 4.33. The maximum atomic E-state index is 12.3. The number of carbonyl (C=O) groups is 2. The fourth-order valence-electron chi connectivity index (χ4n) is 2.73. The molecule has 2 rings (SSSR count). The quantitative estimate of drug-likeness (QED) is 0.777. The fourth-order valence-corrected chi connectivity index (χ4v) is 2.73. The molecule has 0 aromatic rings. The van der Waals surface area contributed by atoms with Crippen molar-refractivity contribution in [3.63, 3.8) is 0 Å². The Bertz CT molecular complexity index is 443. The van der Waals surface area contributed by atoms with Gasteiger partial charge in [0.15, 0.2) is 5.71 Å². The highest BCUT2D eigenvalue weighted by atomic mass is 16.6. The standard InChI is InChI=1S/C13H21N3O4/c1-15(2)13(5-4-6-13)8-16(3)11(17)10-7-9(12(18)19)14-20-10/h10H,4-8H2,1-3H3,(H,18,19). The molecule has 1 heterocycles. The largest absolute Gasteiger partial charge is 0.477 e. The number of likely N-dealkylation sites (N-methyl/N-ethyl adjacent to an activating group) is 2. The van der Waals surface area contributed by atoms with Gasteiger partial charge in [0, 0.05) is 25.6 Å². The second kappa shape index (κ2) is 5.40. The van der Waals surface area contributed by atoms with E-state index in [1.165, 1.54) is 6.42 Å². The molecule has 0 bridgehead atoms. The Morgan fingerprint density at radius 2 is 2.05 bits per heavy atom. The van der Waals surface area contributed by atoms with Crippen molar-refractivity contribution < 1.29 is 19.5 Å². The molecule has 7 nitrogen and oxygen atoms in total. The van der Waals surface area contributed by atoms with Crippen LogP contribution in [0.1, 0.15) is 25.7 Å². The highest BCUT2D eigenvalue weighted by molar-refractivity contribution is 6.36. The summed E-state index contributed by atoms with van der Waals surface area (Å²) in [5, 5.41) is 12.3. The SMILES string of the molecule is CN(CC1(N(C)C)CCC1)C(=O)C1CC(C(=O)O)=NO1. The smallest absolute Gasteiger partial charge is 0.353 e. The molecule has 1 aliphatic carbocycles. The Morgan fingerprint density at radius 3 is 2.45 bits per heavy atom. The van der Waals surface area contributed by atoms with Gasteiger partial charge in [-0.05, 0) is 33.4 Å². The molecule has 0 saturated heterocycles. The van der Waals surface area contributed by atoms with Crippen molar-refractivity contribution in [3.8, 4) is 0 Å². The number of oxime groups is 1. The highest BCUT2D eigenvalue weighted by Gasteiger charge is 2.42. The third kappa shape index (κ3) is 2.63. The van der Waals surface area contributed by atoms with Crippen LogP contribution in [-0.4, -0.2) is 71.8 Å². The molecule has 1 fully saturated rings. The lowest BCUT2D eigenvalue weighted by atomic mass is 9.75. The molecule has 7 heteroatoms. The third-order valence-corrected chi connectivity index (χ3v) is 4.33. The predicted molar refractivity (Wildman–Crippen MR) is 72.5 cm³/mol. The van der Waals surface area contributed by atoms with Crippen LogP contribution in [0.3, 0.4) is 0 Å². The van der Waals surface area contributed by atoms with Gasteiger partial charge in [0.25, 0.3) is 5.91 Å². The van der Waals surface area contributed by atoms with Crippen LogP contribution in [0.25, 0.3) is 0 Å². The van der Waals surface area contributed by atoms with Crippen LogP contribution >= 0.6 is 0 Å². The van der Waals surface area contributed by atoms with Crippen molar-refractivity contribution in [2.24, 2.45) is 5.16 Å². The van der Waals surface area contributed by atoms with Crippen molar-refractivity contribution in [1.82, 2.24) is 9.80 Å². The van der Waals surface area contributed by atoms with Gasteiger partial charge in [0.1, 0.15) is 0 Å². The Labute approximate surface area is 118 Å². The minimum absolute atomic E-state index is 0.0352. The molecule has 112 valence electrons. The van der Waals surface area contributed by atoms with Gasteiger partial charge in [0.2, 0.25) is 6.10 Å². The number of carboxylic acid groups (broad SMARTS) is 1. The lowest BCUT2D eigenvalue weighted by Crippen LogP contribution is -2.58. The number of aliphatic carboxylic acids is 1. The minimum Gasteiger partial charge on any atom is -0.477 e. The first-order chi connectivity index (χ1) is 9.35. The van der Waals surface area contributed by atoms with Gasteiger partial charge in [0.05, 0.1) is 0 Å². The number of hydrogen-bond acceptors (Lipinski definition) is 5. The molecule has 2 aliphatic rings. The molecule has 1 N–H and O–H groups in total. The summed E-state index contributed by atoms with van der Waals surface area (Å²) in [4.78, 5) is 31.8. The van der Waals surface area contributed by atoms with Crippen molar-refractivity contribution in [3.05, 3.63) is 0 Å². The topological polar surface area (TPSA) is 82.4 Å². The minimum atomic E-state index is -1.13. The van der Waals surface area contributed by atoms with Gasteiger partial charge in [-0.1, -0.05) is 5.16 Å². The van der Waals surface area contributed by atoms with Gasteiger partial charge in [-0.15, -0.1) is 0 Å². The molecular weight excluding hydrogens is 262 g/mol. The van der Waals surface area contributed by atoms with Crippen LogP contribution in [0.15, 0.2) is 5.16 Å². The molecule has 1 unspecified atom stereocenters. The van der Waals surface area contributed by atoms with E-state index in [-0.39, 0.29) is 23.6 Å². The summed E-state index contributed by atoms with van der Waals surface area (Å²) < 4.78 is 0. The van der Waals surface area contributed by atoms with E-state index in [1.807, 2.05) is 14.1 Å². The van der Waals surface area contributed by atoms with Crippen LogP contribution in [0.2, 0.25) is 0 Å². The van der Waals surface area contributed by atoms with Crippen LogP contribution in [-0.2, 0) is 14.4 Å². The van der Waals surface area contributed by atoms with E-state index < -0.39 is 12.1 Å². The summed E-state index contributed by atoms with van der Waals surface area (Å²) in [6, 6.07) is 0. The van der Waals surface area contributed by atoms with E-state index in [0.29, 0.717) is 6.54 Å². The Morgan fingerprint density at radius 1 is 1.40 bits per heavy atom. The maximum Gasteiger partial charge on any atom is 0.353 e. The van der Waals surface area contributed by atoms with Crippen LogP contribution in [0.5, 0.6) is 0 Å². The van der Waals surface area contributed by atoms with E-state index in [9.17, 15) is 9.59 Å². The number of carboxylic acids is 1. The molecule has 0 aromatic heterocycles. The van der Waals surface area contributed by atoms with Crippen LogP contribution in [0.4, 0.5) is 0 Å². The lowest BCUT2D eigenvalue weighted by molar-refractivity contribution is -0.143. The monoisotopic (exact) mass is 283 g/mol. The zero-order chi connectivity index (χ0) is 14.9. The predicted octanol–water partition coefficient (Wildman–Crippen LogP) is 0.159. The van der Waals surface area contributed by atoms with Crippen molar-refractivity contribution in [2.45, 2.75) is 37.3 Å². The van der Waals surface area contributed by atoms with Gasteiger partial charge in [-0.25, -0.2) is 4.79 Å². The number of amides is 1. The number of hydrogen-bond donors (Lipinski definition) is 1. The first kappa shape index (κ1) is 14.8. The number of carbonyl (C=O) groups excluding carboxylic acids is 1. The van der Waals surface area contributed by atoms with Gasteiger partial charge in [-0.3, -0.25) is 4.79 Å². The normalized spacial score (nSPS) is 23.8. The lowest BCUT2D eigenvalue weighted by Gasteiger charge is -2.49. The Kier molecular flexibility index (Phi) is 3.99. The number of nitrogens with zero attached hydrogens (tertiary/aromatic N) is 3. The van der Waals surface area contributed by atoms with E-state index in [0.717, 1.165) is 12.8 Å². The van der Waals surface area contributed by atoms with Gasteiger partial charge in [-0.2, -0.15) is 0 Å². The molecular formula is C13H21N3O4. The molecule has 20 heavy (non-hydrogen) atoms. The molecule has 0 spiro atoms. The summed E-state index contributed by atoms with van der Waals surface area (Å²) in [5.41, 5.74) is -0.0535. The molecule has 0 aromatic carbocycles.